The third-order valence-electron chi connectivity index (χ3n) is 6.88. The molecule has 3 N–H and O–H groups in total. The summed E-state index contributed by atoms with van der Waals surface area (Å²) in [5.74, 6) is -5.06. The number of anilines is 1. The number of ketones is 1. The van der Waals surface area contributed by atoms with Crippen LogP contribution < -0.4 is 10.6 Å². The van der Waals surface area contributed by atoms with Gasteiger partial charge in [0.05, 0.1) is 10.6 Å². The molecule has 1 aromatic heterocycles. The molecule has 8 nitrogen and oxygen atoms in total. The van der Waals surface area contributed by atoms with Crippen LogP contribution in [0.1, 0.15) is 71.5 Å². The number of nitrogens with one attached hydrogen (secondary N) is 2. The number of hydrogen-bond acceptors (Lipinski definition) is 4. The fourth-order valence-electron chi connectivity index (χ4n) is 5.05. The van der Waals surface area contributed by atoms with E-state index in [9.17, 15) is 28.0 Å². The lowest BCUT2D eigenvalue weighted by Gasteiger charge is -2.28. The van der Waals surface area contributed by atoms with E-state index in [4.69, 9.17) is 16.7 Å². The number of benzene rings is 1. The number of carboxylic acids is 1. The van der Waals surface area contributed by atoms with Gasteiger partial charge in [0.25, 0.3) is 17.6 Å². The summed E-state index contributed by atoms with van der Waals surface area (Å²) in [6.45, 7) is 0.413. The molecule has 1 aliphatic carbocycles. The highest BCUT2D eigenvalue weighted by Crippen LogP contribution is 2.34. The molecular formula is C25H26ClF2N3O5. The maximum atomic E-state index is 13.5. The predicted molar refractivity (Wildman–Crippen MR) is 127 cm³/mol. The number of fused-ring (bicyclic) bond motifs is 1. The maximum absolute atomic E-state index is 13.5. The average Bonchev–Trinajstić information content (AvgIpc) is 3.40. The fourth-order valence-corrected chi connectivity index (χ4v) is 5.43. The zero-order chi connectivity index (χ0) is 26.0. The summed E-state index contributed by atoms with van der Waals surface area (Å²) in [5.41, 5.74) is 0.508. The standard InChI is InChI=1S/C25H26ClF2N3O5/c26-21-20(24(35)30-15-8-9-16(27)17(28)12-15)18-2-1-11-31(18)22(21)23(34)25(36)29-14-6-3-13(4-7-14)5-10-19(32)33/h8-9,12-14H,1-7,10-11H2,(H,29,36)(H,30,35)(H,32,33)/t13-,14+. The molecule has 0 saturated heterocycles. The van der Waals surface area contributed by atoms with E-state index in [-0.39, 0.29) is 40.3 Å². The van der Waals surface area contributed by atoms with E-state index in [1.165, 1.54) is 6.07 Å². The summed E-state index contributed by atoms with van der Waals surface area (Å²) in [6, 6.07) is 2.73. The zero-order valence-corrected chi connectivity index (χ0v) is 20.2. The van der Waals surface area contributed by atoms with Crippen molar-refractivity contribution < 1.29 is 33.1 Å². The highest BCUT2D eigenvalue weighted by molar-refractivity contribution is 6.48. The van der Waals surface area contributed by atoms with E-state index in [2.05, 4.69) is 10.6 Å². The van der Waals surface area contributed by atoms with E-state index in [0.717, 1.165) is 25.0 Å². The summed E-state index contributed by atoms with van der Waals surface area (Å²) < 4.78 is 28.3. The van der Waals surface area contributed by atoms with Crippen LogP contribution in [-0.2, 0) is 22.6 Å². The first-order valence-corrected chi connectivity index (χ1v) is 12.3. The molecule has 2 aliphatic rings. The molecule has 2 amide bonds. The van der Waals surface area contributed by atoms with Gasteiger partial charge in [0.1, 0.15) is 5.69 Å². The summed E-state index contributed by atoms with van der Waals surface area (Å²) in [4.78, 5) is 49.7. The smallest absolute Gasteiger partial charge is 0.303 e. The lowest BCUT2D eigenvalue weighted by Crippen LogP contribution is -2.41. The van der Waals surface area contributed by atoms with Crippen LogP contribution in [0.3, 0.4) is 0 Å². The molecule has 1 aromatic carbocycles. The van der Waals surface area contributed by atoms with Gasteiger partial charge in [0, 0.05) is 36.5 Å². The topological polar surface area (TPSA) is 118 Å². The molecule has 1 saturated carbocycles. The Morgan fingerprint density at radius 3 is 2.47 bits per heavy atom. The number of carbonyl (C=O) groups excluding carboxylic acids is 3. The fraction of sp³-hybridized carbons (Fsp3) is 0.440. The van der Waals surface area contributed by atoms with Crippen molar-refractivity contribution in [3.63, 3.8) is 0 Å². The Balaban J connectivity index is 1.46. The molecule has 192 valence electrons. The lowest BCUT2D eigenvalue weighted by molar-refractivity contribution is -0.137. The van der Waals surface area contributed by atoms with Gasteiger partial charge in [-0.1, -0.05) is 11.6 Å². The third-order valence-corrected chi connectivity index (χ3v) is 7.25. The summed E-state index contributed by atoms with van der Waals surface area (Å²) in [5, 5.41) is 13.9. The molecule has 0 bridgehead atoms. The molecular weight excluding hydrogens is 496 g/mol. The number of carboxylic acid groups (broad SMARTS) is 1. The first kappa shape index (κ1) is 25.8. The number of nitrogens with zero attached hydrogens (tertiary/aromatic N) is 1. The number of halogens is 3. The molecule has 2 heterocycles. The van der Waals surface area contributed by atoms with Crippen LogP contribution in [0.4, 0.5) is 14.5 Å². The Kier molecular flexibility index (Phi) is 7.73. The van der Waals surface area contributed by atoms with Gasteiger partial charge in [0.2, 0.25) is 0 Å². The third kappa shape index (κ3) is 5.43. The van der Waals surface area contributed by atoms with Gasteiger partial charge in [-0.05, 0) is 63.0 Å². The van der Waals surface area contributed by atoms with Crippen molar-refractivity contribution in [3.8, 4) is 0 Å². The molecule has 2 aromatic rings. The molecule has 0 atom stereocenters. The van der Waals surface area contributed by atoms with E-state index < -0.39 is 35.2 Å². The maximum Gasteiger partial charge on any atom is 0.303 e. The van der Waals surface area contributed by atoms with Gasteiger partial charge in [-0.15, -0.1) is 0 Å². The van der Waals surface area contributed by atoms with E-state index in [0.29, 0.717) is 44.3 Å². The van der Waals surface area contributed by atoms with Crippen LogP contribution in [0, 0.1) is 17.6 Å². The van der Waals surface area contributed by atoms with Crippen molar-refractivity contribution in [2.24, 2.45) is 5.92 Å². The minimum Gasteiger partial charge on any atom is -0.481 e. The SMILES string of the molecule is O=C(O)CC[C@H]1CC[C@@H](NC(=O)C(=O)c2c(Cl)c(C(=O)Nc3ccc(F)c(F)c3)c3n2CCC3)CC1. The molecule has 4 rings (SSSR count). The van der Waals surface area contributed by atoms with Crippen molar-refractivity contribution >= 4 is 40.9 Å². The molecule has 36 heavy (non-hydrogen) atoms. The predicted octanol–water partition coefficient (Wildman–Crippen LogP) is 4.34. The molecule has 0 spiro atoms. The average molecular weight is 522 g/mol. The van der Waals surface area contributed by atoms with Gasteiger partial charge in [-0.2, -0.15) is 0 Å². The number of amides is 2. The minimum atomic E-state index is -1.12. The highest BCUT2D eigenvalue weighted by atomic mass is 35.5. The van der Waals surface area contributed by atoms with Crippen molar-refractivity contribution in [2.75, 3.05) is 5.32 Å². The number of rotatable bonds is 8. The van der Waals surface area contributed by atoms with Crippen LogP contribution in [0.25, 0.3) is 0 Å². The van der Waals surface area contributed by atoms with Crippen molar-refractivity contribution in [1.29, 1.82) is 0 Å². The van der Waals surface area contributed by atoms with Crippen LogP contribution in [0.15, 0.2) is 18.2 Å². The zero-order valence-electron chi connectivity index (χ0n) is 19.4. The minimum absolute atomic E-state index is 0.0255. The second-order valence-corrected chi connectivity index (χ2v) is 9.65. The van der Waals surface area contributed by atoms with Gasteiger partial charge in [-0.3, -0.25) is 19.2 Å². The first-order valence-electron chi connectivity index (χ1n) is 11.9. The molecule has 1 aliphatic heterocycles. The van der Waals surface area contributed by atoms with Crippen molar-refractivity contribution in [3.05, 3.63) is 51.8 Å². The largest absolute Gasteiger partial charge is 0.481 e. The normalized spacial score (nSPS) is 19.0. The Labute approximate surface area is 211 Å². The van der Waals surface area contributed by atoms with Crippen molar-refractivity contribution in [2.45, 2.75) is 64.0 Å². The van der Waals surface area contributed by atoms with E-state index in [1.807, 2.05) is 0 Å². The number of Topliss-reactive ketones (excluding diaryl/α,β-unsaturated/α-hetero) is 1. The molecule has 11 heteroatoms. The lowest BCUT2D eigenvalue weighted by atomic mass is 9.83. The Hall–Kier alpha value is -3.27. The van der Waals surface area contributed by atoms with Crippen LogP contribution in [-0.4, -0.2) is 39.3 Å². The van der Waals surface area contributed by atoms with Crippen molar-refractivity contribution in [1.82, 2.24) is 9.88 Å². The van der Waals surface area contributed by atoms with Gasteiger partial charge in [-0.25, -0.2) is 8.78 Å². The number of aromatic nitrogens is 1. The number of aliphatic carboxylic acids is 1. The summed E-state index contributed by atoms with van der Waals surface area (Å²) >= 11 is 6.46. The van der Waals surface area contributed by atoms with Gasteiger partial charge >= 0.3 is 5.97 Å². The molecule has 0 unspecified atom stereocenters. The Morgan fingerprint density at radius 2 is 1.81 bits per heavy atom. The van der Waals surface area contributed by atoms with E-state index in [1.54, 1.807) is 4.57 Å². The van der Waals surface area contributed by atoms with E-state index >= 15 is 0 Å². The molecule has 0 radical (unpaired) electrons. The van der Waals surface area contributed by atoms with Crippen LogP contribution in [0.2, 0.25) is 5.02 Å². The Bertz CT molecular complexity index is 1220. The second kappa shape index (κ2) is 10.8. The van der Waals surface area contributed by atoms with Crippen LogP contribution >= 0.6 is 11.6 Å². The van der Waals surface area contributed by atoms with Gasteiger partial charge < -0.3 is 20.3 Å². The summed E-state index contributed by atoms with van der Waals surface area (Å²) in [7, 11) is 0. The highest BCUT2D eigenvalue weighted by Gasteiger charge is 2.35. The number of carbonyl (C=O) groups is 4. The first-order chi connectivity index (χ1) is 17.2. The van der Waals surface area contributed by atoms with Crippen LogP contribution in [0.5, 0.6) is 0 Å². The second-order valence-electron chi connectivity index (χ2n) is 9.28. The number of hydrogen-bond donors (Lipinski definition) is 3. The quantitative estimate of drug-likeness (QED) is 0.353. The summed E-state index contributed by atoms with van der Waals surface area (Å²) in [6.07, 6.45) is 4.65. The van der Waals surface area contributed by atoms with Gasteiger partial charge in [0.15, 0.2) is 11.6 Å². The molecule has 1 fully saturated rings. The Morgan fingerprint density at radius 1 is 1.08 bits per heavy atom. The monoisotopic (exact) mass is 521 g/mol.